The van der Waals surface area contributed by atoms with Crippen molar-refractivity contribution >= 4 is 25.0 Å². The molecule has 2 N–H and O–H groups in total. The maximum absolute atomic E-state index is 13.3. The molecule has 3 atom stereocenters. The molecule has 0 radical (unpaired) electrons. The molecule has 2 aromatic carbocycles. The summed E-state index contributed by atoms with van der Waals surface area (Å²) in [4.78, 5) is 26.1. The van der Waals surface area contributed by atoms with Gasteiger partial charge in [0.25, 0.3) is 0 Å². The first-order valence-electron chi connectivity index (χ1n) is 10.9. The molecule has 1 aliphatic carbocycles. The number of hydrogen-bond acceptors (Lipinski definition) is 4. The Hall–Kier alpha value is -2.44. The SMILES string of the molecule is COc1ccc(C(NC(=O)C2CCC(O)C2)C(=O)Cc2ccc([Si](C)(C)C)cc2)cc1. The van der Waals surface area contributed by atoms with E-state index in [0.29, 0.717) is 25.0 Å². The monoisotopic (exact) mass is 439 g/mol. The van der Waals surface area contributed by atoms with Crippen LogP contribution >= 0.6 is 0 Å². The zero-order valence-corrected chi connectivity index (χ0v) is 19.9. The fraction of sp³-hybridized carbons (Fsp3) is 0.440. The standard InChI is InChI=1S/C25H33NO4Si/c1-30-21-11-8-18(9-12-21)24(26-25(29)19-7-10-20(27)16-19)23(28)15-17-5-13-22(14-6-17)31(2,3)4/h5-6,8-9,11-14,19-20,24,27H,7,10,15-16H2,1-4H3,(H,26,29). The quantitative estimate of drug-likeness (QED) is 0.619. The number of methoxy groups -OCH3 is 1. The third-order valence-corrected chi connectivity index (χ3v) is 8.10. The summed E-state index contributed by atoms with van der Waals surface area (Å²) in [6.07, 6.45) is 1.54. The van der Waals surface area contributed by atoms with Crippen LogP contribution in [0, 0.1) is 5.92 Å². The molecule has 0 heterocycles. The molecule has 3 unspecified atom stereocenters. The Morgan fingerprint density at radius 3 is 2.23 bits per heavy atom. The Labute approximate surface area is 185 Å². The van der Waals surface area contributed by atoms with Crippen LogP contribution in [0.5, 0.6) is 5.75 Å². The maximum Gasteiger partial charge on any atom is 0.224 e. The van der Waals surface area contributed by atoms with Crippen molar-refractivity contribution < 1.29 is 19.4 Å². The largest absolute Gasteiger partial charge is 0.497 e. The molecule has 0 saturated heterocycles. The van der Waals surface area contributed by atoms with E-state index in [2.05, 4.69) is 37.1 Å². The number of ketones is 1. The molecular formula is C25H33NO4Si. The summed E-state index contributed by atoms with van der Waals surface area (Å²) in [5.74, 6) is 0.222. The number of rotatable bonds is 8. The lowest BCUT2D eigenvalue weighted by Crippen LogP contribution is -2.38. The van der Waals surface area contributed by atoms with Gasteiger partial charge in [0, 0.05) is 12.3 Å². The van der Waals surface area contributed by atoms with Crippen LogP contribution in [0.2, 0.25) is 19.6 Å². The number of nitrogens with one attached hydrogen (secondary N) is 1. The van der Waals surface area contributed by atoms with E-state index in [-0.39, 0.29) is 24.0 Å². The van der Waals surface area contributed by atoms with E-state index in [9.17, 15) is 14.7 Å². The number of hydrogen-bond donors (Lipinski definition) is 2. The lowest BCUT2D eigenvalue weighted by molar-refractivity contribution is -0.130. The van der Waals surface area contributed by atoms with Crippen LogP contribution < -0.4 is 15.2 Å². The van der Waals surface area contributed by atoms with Crippen molar-refractivity contribution in [3.8, 4) is 5.75 Å². The Kier molecular flexibility index (Phi) is 7.33. The van der Waals surface area contributed by atoms with E-state index in [4.69, 9.17) is 4.74 Å². The van der Waals surface area contributed by atoms with Crippen LogP contribution in [0.25, 0.3) is 0 Å². The first-order chi connectivity index (χ1) is 14.7. The molecule has 1 aliphatic rings. The maximum atomic E-state index is 13.3. The molecule has 5 nitrogen and oxygen atoms in total. The third-order valence-electron chi connectivity index (χ3n) is 6.03. The zero-order valence-electron chi connectivity index (χ0n) is 18.9. The number of amides is 1. The molecule has 166 valence electrons. The second-order valence-corrected chi connectivity index (χ2v) is 14.5. The number of benzene rings is 2. The van der Waals surface area contributed by atoms with Gasteiger partial charge >= 0.3 is 0 Å². The van der Waals surface area contributed by atoms with Crippen molar-refractivity contribution in [3.05, 3.63) is 59.7 Å². The van der Waals surface area contributed by atoms with Gasteiger partial charge in [0.2, 0.25) is 5.91 Å². The van der Waals surface area contributed by atoms with Crippen LogP contribution in [0.3, 0.4) is 0 Å². The normalized spacial score (nSPS) is 19.6. The number of aliphatic hydroxyl groups is 1. The van der Waals surface area contributed by atoms with E-state index < -0.39 is 20.2 Å². The molecule has 0 aliphatic heterocycles. The lowest BCUT2D eigenvalue weighted by Gasteiger charge is -2.21. The van der Waals surface area contributed by atoms with Crippen LogP contribution in [-0.2, 0) is 16.0 Å². The molecule has 1 saturated carbocycles. The topological polar surface area (TPSA) is 75.6 Å². The zero-order chi connectivity index (χ0) is 22.6. The van der Waals surface area contributed by atoms with Crippen molar-refractivity contribution in [1.82, 2.24) is 5.32 Å². The van der Waals surface area contributed by atoms with Gasteiger partial charge in [-0.25, -0.2) is 0 Å². The molecule has 0 aromatic heterocycles. The molecule has 6 heteroatoms. The molecule has 1 fully saturated rings. The highest BCUT2D eigenvalue weighted by molar-refractivity contribution is 6.88. The second-order valence-electron chi connectivity index (χ2n) is 9.47. The molecule has 31 heavy (non-hydrogen) atoms. The number of ether oxygens (including phenoxy) is 1. The van der Waals surface area contributed by atoms with Gasteiger partial charge in [-0.05, 0) is 42.5 Å². The van der Waals surface area contributed by atoms with Crippen molar-refractivity contribution in [1.29, 1.82) is 0 Å². The smallest absolute Gasteiger partial charge is 0.224 e. The number of Topliss-reactive ketones (excluding diaryl/α,β-unsaturated/α-hetero) is 1. The van der Waals surface area contributed by atoms with E-state index >= 15 is 0 Å². The fourth-order valence-corrected chi connectivity index (χ4v) is 5.19. The van der Waals surface area contributed by atoms with Crippen LogP contribution in [0.15, 0.2) is 48.5 Å². The Morgan fingerprint density at radius 2 is 1.71 bits per heavy atom. The summed E-state index contributed by atoms with van der Waals surface area (Å²) in [6.45, 7) is 6.88. The summed E-state index contributed by atoms with van der Waals surface area (Å²) in [5.41, 5.74) is 1.67. The molecule has 0 spiro atoms. The molecule has 0 bridgehead atoms. The lowest BCUT2D eigenvalue weighted by atomic mass is 9.96. The highest BCUT2D eigenvalue weighted by atomic mass is 28.3. The second kappa shape index (κ2) is 9.79. The average molecular weight is 440 g/mol. The predicted octanol–water partition coefficient (Wildman–Crippen LogP) is 3.37. The molecule has 1 amide bonds. The number of carbonyl (C=O) groups is 2. The number of aliphatic hydroxyl groups excluding tert-OH is 1. The predicted molar refractivity (Wildman–Crippen MR) is 125 cm³/mol. The Bertz CT molecular complexity index is 903. The average Bonchev–Trinajstić information content (AvgIpc) is 3.18. The Morgan fingerprint density at radius 1 is 1.06 bits per heavy atom. The van der Waals surface area contributed by atoms with E-state index in [1.807, 2.05) is 24.3 Å². The van der Waals surface area contributed by atoms with Crippen LogP contribution in [0.1, 0.15) is 36.4 Å². The highest BCUT2D eigenvalue weighted by Crippen LogP contribution is 2.27. The van der Waals surface area contributed by atoms with Gasteiger partial charge in [-0.1, -0.05) is 61.2 Å². The first-order valence-corrected chi connectivity index (χ1v) is 14.4. The third kappa shape index (κ3) is 6.05. The molecule has 2 aromatic rings. The minimum absolute atomic E-state index is 0.0576. The van der Waals surface area contributed by atoms with Gasteiger partial charge in [0.1, 0.15) is 11.8 Å². The highest BCUT2D eigenvalue weighted by Gasteiger charge is 2.32. The van der Waals surface area contributed by atoms with Crippen molar-refractivity contribution in [2.75, 3.05) is 7.11 Å². The van der Waals surface area contributed by atoms with Crippen LogP contribution in [-0.4, -0.2) is 38.1 Å². The molecular weight excluding hydrogens is 406 g/mol. The minimum Gasteiger partial charge on any atom is -0.497 e. The van der Waals surface area contributed by atoms with Gasteiger partial charge in [0.15, 0.2) is 5.78 Å². The fourth-order valence-electron chi connectivity index (χ4n) is 4.03. The van der Waals surface area contributed by atoms with Gasteiger partial charge in [-0.3, -0.25) is 9.59 Å². The minimum atomic E-state index is -1.40. The first kappa shape index (κ1) is 23.2. The van der Waals surface area contributed by atoms with E-state index in [1.165, 1.54) is 5.19 Å². The summed E-state index contributed by atoms with van der Waals surface area (Å²) in [5, 5.41) is 14.1. The molecule has 3 rings (SSSR count). The summed E-state index contributed by atoms with van der Waals surface area (Å²) < 4.78 is 5.22. The summed E-state index contributed by atoms with van der Waals surface area (Å²) >= 11 is 0. The van der Waals surface area contributed by atoms with E-state index in [0.717, 1.165) is 11.1 Å². The van der Waals surface area contributed by atoms with Crippen molar-refractivity contribution in [2.24, 2.45) is 5.92 Å². The Balaban J connectivity index is 1.78. The van der Waals surface area contributed by atoms with Crippen molar-refractivity contribution in [2.45, 2.75) is 57.5 Å². The van der Waals surface area contributed by atoms with Crippen molar-refractivity contribution in [3.63, 3.8) is 0 Å². The van der Waals surface area contributed by atoms with Gasteiger partial charge in [-0.2, -0.15) is 0 Å². The van der Waals surface area contributed by atoms with Gasteiger partial charge < -0.3 is 15.2 Å². The summed E-state index contributed by atoms with van der Waals surface area (Å²) in [6, 6.07) is 14.8. The van der Waals surface area contributed by atoms with Gasteiger partial charge in [-0.15, -0.1) is 0 Å². The summed E-state index contributed by atoms with van der Waals surface area (Å²) in [7, 11) is 0.196. The van der Waals surface area contributed by atoms with Crippen LogP contribution in [0.4, 0.5) is 0 Å². The van der Waals surface area contributed by atoms with Gasteiger partial charge in [0.05, 0.1) is 21.3 Å². The van der Waals surface area contributed by atoms with E-state index in [1.54, 1.807) is 19.2 Å². The number of carbonyl (C=O) groups excluding carboxylic acids is 2.